The third-order valence-electron chi connectivity index (χ3n) is 4.70. The molecule has 0 bridgehead atoms. The Morgan fingerprint density at radius 1 is 1.04 bits per heavy atom. The summed E-state index contributed by atoms with van der Waals surface area (Å²) >= 11 is 1.33. The Morgan fingerprint density at radius 2 is 1.77 bits per heavy atom. The number of carbonyl (C=O) groups excluding carboxylic acids is 2. The second-order valence-corrected chi connectivity index (χ2v) is 7.90. The van der Waals surface area contributed by atoms with E-state index in [1.54, 1.807) is 0 Å². The molecule has 1 aliphatic heterocycles. The van der Waals surface area contributed by atoms with Crippen molar-refractivity contribution in [2.45, 2.75) is 75.2 Å². The van der Waals surface area contributed by atoms with Crippen molar-refractivity contribution in [3.05, 3.63) is 30.3 Å². The Hall–Kier alpha value is -1.73. The van der Waals surface area contributed by atoms with Crippen molar-refractivity contribution in [1.82, 2.24) is 0 Å². The summed E-state index contributed by atoms with van der Waals surface area (Å²) in [6.45, 7) is 0. The van der Waals surface area contributed by atoms with E-state index in [0.29, 0.717) is 6.42 Å². The van der Waals surface area contributed by atoms with Crippen molar-refractivity contribution < 1.29 is 14.3 Å². The molecule has 0 aliphatic carbocycles. The molecule has 0 spiro atoms. The van der Waals surface area contributed by atoms with Crippen molar-refractivity contribution in [3.63, 3.8) is 0 Å². The molecule has 0 amide bonds. The fourth-order valence-electron chi connectivity index (χ4n) is 3.20. The van der Waals surface area contributed by atoms with E-state index in [1.807, 2.05) is 30.3 Å². The van der Waals surface area contributed by atoms with Crippen molar-refractivity contribution in [2.75, 3.05) is 0 Å². The number of rotatable bonds is 12. The molecule has 1 aromatic carbocycles. The molecule has 2 atom stereocenters. The highest BCUT2D eigenvalue weighted by molar-refractivity contribution is 8.13. The van der Waals surface area contributed by atoms with Crippen LogP contribution < -0.4 is 0 Å². The average Bonchev–Trinajstić information content (AvgIpc) is 2.64. The standard InChI is InChI=1S/C22H28O3S/c1-2-3-8-16-20-19(22(24)25-20)15-11-5-4-6-12-17-21(23)26-18-13-9-7-10-14-18/h1,7,9-10,13-14,19-20H,3-6,8,11-12,15-17H2/t19-,20-/m0/s1. The summed E-state index contributed by atoms with van der Waals surface area (Å²) in [7, 11) is 0. The lowest BCUT2D eigenvalue weighted by molar-refractivity contribution is -0.186. The summed E-state index contributed by atoms with van der Waals surface area (Å²) in [4.78, 5) is 24.5. The largest absolute Gasteiger partial charge is 0.461 e. The van der Waals surface area contributed by atoms with Crippen LogP contribution in [0.2, 0.25) is 0 Å². The molecule has 0 N–H and O–H groups in total. The van der Waals surface area contributed by atoms with Crippen LogP contribution in [0.1, 0.15) is 64.2 Å². The number of thioether (sulfide) groups is 1. The lowest BCUT2D eigenvalue weighted by atomic mass is 9.87. The van der Waals surface area contributed by atoms with Gasteiger partial charge in [0.25, 0.3) is 0 Å². The highest BCUT2D eigenvalue weighted by Crippen LogP contribution is 2.31. The Bertz CT molecular complexity index is 606. The fourth-order valence-corrected chi connectivity index (χ4v) is 4.00. The molecule has 0 aromatic heterocycles. The zero-order valence-electron chi connectivity index (χ0n) is 15.3. The normalized spacial score (nSPS) is 18.7. The van der Waals surface area contributed by atoms with Crippen LogP contribution in [0.5, 0.6) is 0 Å². The highest BCUT2D eigenvalue weighted by atomic mass is 32.2. The van der Waals surface area contributed by atoms with E-state index >= 15 is 0 Å². The van der Waals surface area contributed by atoms with Gasteiger partial charge < -0.3 is 4.74 Å². The monoisotopic (exact) mass is 372 g/mol. The minimum absolute atomic E-state index is 0.0424. The summed E-state index contributed by atoms with van der Waals surface area (Å²) in [5.41, 5.74) is 0. The van der Waals surface area contributed by atoms with Crippen molar-refractivity contribution in [1.29, 1.82) is 0 Å². The first-order chi connectivity index (χ1) is 12.7. The van der Waals surface area contributed by atoms with Gasteiger partial charge in [0.15, 0.2) is 5.12 Å². The maximum absolute atomic E-state index is 11.9. The SMILES string of the molecule is C#CCCC[C@@H]1OC(=O)[C@H]1CCCCCCCC(=O)Sc1ccccc1. The maximum Gasteiger partial charge on any atom is 0.313 e. The van der Waals surface area contributed by atoms with Crippen LogP contribution in [0.3, 0.4) is 0 Å². The minimum atomic E-state index is -0.0424. The Kier molecular flexibility index (Phi) is 9.34. The number of unbranched alkanes of at least 4 members (excludes halogenated alkanes) is 5. The maximum atomic E-state index is 11.9. The molecular weight excluding hydrogens is 344 g/mol. The Balaban J connectivity index is 1.47. The molecule has 26 heavy (non-hydrogen) atoms. The van der Waals surface area contributed by atoms with Gasteiger partial charge in [0.2, 0.25) is 0 Å². The number of carbonyl (C=O) groups is 2. The number of hydrogen-bond acceptors (Lipinski definition) is 4. The molecule has 0 unspecified atom stereocenters. The lowest BCUT2D eigenvalue weighted by Gasteiger charge is -2.35. The van der Waals surface area contributed by atoms with Gasteiger partial charge in [-0.1, -0.05) is 55.6 Å². The number of cyclic esters (lactones) is 1. The molecular formula is C22H28O3S. The number of esters is 1. The van der Waals surface area contributed by atoms with E-state index in [9.17, 15) is 9.59 Å². The van der Waals surface area contributed by atoms with Gasteiger partial charge in [0.05, 0.1) is 5.92 Å². The van der Waals surface area contributed by atoms with Gasteiger partial charge in [0, 0.05) is 17.7 Å². The Labute approximate surface area is 161 Å². The second-order valence-electron chi connectivity index (χ2n) is 6.77. The lowest BCUT2D eigenvalue weighted by Crippen LogP contribution is -2.44. The number of benzene rings is 1. The van der Waals surface area contributed by atoms with E-state index in [4.69, 9.17) is 11.2 Å². The zero-order chi connectivity index (χ0) is 18.6. The van der Waals surface area contributed by atoms with Gasteiger partial charge >= 0.3 is 5.97 Å². The van der Waals surface area contributed by atoms with Crippen molar-refractivity contribution in [3.8, 4) is 12.3 Å². The second kappa shape index (κ2) is 11.8. The van der Waals surface area contributed by atoms with Gasteiger partial charge in [-0.2, -0.15) is 0 Å². The first kappa shape index (κ1) is 20.6. The predicted octanol–water partition coefficient (Wildman–Crippen LogP) is 5.38. The minimum Gasteiger partial charge on any atom is -0.461 e. The van der Waals surface area contributed by atoms with Crippen LogP contribution in [0, 0.1) is 18.3 Å². The molecule has 0 radical (unpaired) electrons. The van der Waals surface area contributed by atoms with Crippen molar-refractivity contribution in [2.24, 2.45) is 5.92 Å². The van der Waals surface area contributed by atoms with Crippen LogP contribution in [-0.2, 0) is 14.3 Å². The van der Waals surface area contributed by atoms with Crippen LogP contribution in [0.4, 0.5) is 0 Å². The van der Waals surface area contributed by atoms with Crippen molar-refractivity contribution >= 4 is 22.8 Å². The van der Waals surface area contributed by atoms with Gasteiger partial charge in [0.1, 0.15) is 6.10 Å². The van der Waals surface area contributed by atoms with Gasteiger partial charge in [-0.15, -0.1) is 12.3 Å². The number of ether oxygens (including phenoxy) is 1. The highest BCUT2D eigenvalue weighted by Gasteiger charge is 2.40. The number of hydrogen-bond donors (Lipinski definition) is 0. The summed E-state index contributed by atoms with van der Waals surface area (Å²) in [5.74, 6) is 2.66. The average molecular weight is 373 g/mol. The summed E-state index contributed by atoms with van der Waals surface area (Å²) in [6, 6.07) is 9.79. The third-order valence-corrected chi connectivity index (χ3v) is 5.64. The molecule has 1 fully saturated rings. The summed E-state index contributed by atoms with van der Waals surface area (Å²) in [6.07, 6.45) is 14.8. The molecule has 1 saturated heterocycles. The van der Waals surface area contributed by atoms with Crippen LogP contribution in [0.15, 0.2) is 35.2 Å². The quantitative estimate of drug-likeness (QED) is 0.214. The van der Waals surface area contributed by atoms with E-state index < -0.39 is 0 Å². The van der Waals surface area contributed by atoms with Crippen LogP contribution >= 0.6 is 11.8 Å². The van der Waals surface area contributed by atoms with E-state index in [1.165, 1.54) is 11.8 Å². The van der Waals surface area contributed by atoms with E-state index in [-0.39, 0.29) is 23.1 Å². The zero-order valence-corrected chi connectivity index (χ0v) is 16.1. The molecule has 1 aliphatic rings. The Morgan fingerprint density at radius 3 is 2.50 bits per heavy atom. The van der Waals surface area contributed by atoms with Gasteiger partial charge in [-0.25, -0.2) is 0 Å². The first-order valence-electron chi connectivity index (χ1n) is 9.60. The molecule has 2 rings (SSSR count). The fraction of sp³-hybridized carbons (Fsp3) is 0.545. The molecule has 0 saturated carbocycles. The van der Waals surface area contributed by atoms with E-state index in [0.717, 1.165) is 62.7 Å². The summed E-state index contributed by atoms with van der Waals surface area (Å²) < 4.78 is 5.22. The summed E-state index contributed by atoms with van der Waals surface area (Å²) in [5, 5.41) is 0.239. The molecule has 3 nitrogen and oxygen atoms in total. The third kappa shape index (κ3) is 7.25. The number of terminal acetylenes is 1. The molecule has 1 heterocycles. The van der Waals surface area contributed by atoms with Crippen LogP contribution in [0.25, 0.3) is 0 Å². The smallest absolute Gasteiger partial charge is 0.313 e. The van der Waals surface area contributed by atoms with Crippen LogP contribution in [-0.4, -0.2) is 17.2 Å². The molecule has 140 valence electrons. The topological polar surface area (TPSA) is 43.4 Å². The van der Waals surface area contributed by atoms with Gasteiger partial charge in [-0.05, 0) is 37.8 Å². The predicted molar refractivity (Wildman–Crippen MR) is 106 cm³/mol. The molecule has 4 heteroatoms. The molecule has 1 aromatic rings. The first-order valence-corrected chi connectivity index (χ1v) is 10.4. The van der Waals surface area contributed by atoms with E-state index in [2.05, 4.69) is 5.92 Å². The van der Waals surface area contributed by atoms with Gasteiger partial charge in [-0.3, -0.25) is 9.59 Å².